The summed E-state index contributed by atoms with van der Waals surface area (Å²) in [5, 5.41) is 7.34. The van der Waals surface area contributed by atoms with Crippen LogP contribution in [-0.2, 0) is 9.84 Å². The smallest absolute Gasteiger partial charge is 0.152 e. The molecule has 4 nitrogen and oxygen atoms in total. The van der Waals surface area contributed by atoms with E-state index in [0.29, 0.717) is 23.6 Å². The molecule has 0 aromatic carbocycles. The van der Waals surface area contributed by atoms with Gasteiger partial charge >= 0.3 is 0 Å². The third-order valence-corrected chi connectivity index (χ3v) is 7.43. The van der Waals surface area contributed by atoms with Crippen molar-refractivity contribution in [3.8, 4) is 0 Å². The first-order valence-corrected chi connectivity index (χ1v) is 9.99. The molecule has 20 heavy (non-hydrogen) atoms. The van der Waals surface area contributed by atoms with Crippen molar-refractivity contribution in [2.45, 2.75) is 69.5 Å². The van der Waals surface area contributed by atoms with E-state index in [4.69, 9.17) is 0 Å². The van der Waals surface area contributed by atoms with Gasteiger partial charge in [-0.2, -0.15) is 0 Å². The van der Waals surface area contributed by atoms with Crippen LogP contribution < -0.4 is 10.6 Å². The highest BCUT2D eigenvalue weighted by Crippen LogP contribution is 2.32. The predicted molar refractivity (Wildman–Crippen MR) is 81.6 cm³/mol. The maximum Gasteiger partial charge on any atom is 0.152 e. The minimum absolute atomic E-state index is 0.204. The van der Waals surface area contributed by atoms with Gasteiger partial charge in [-0.25, -0.2) is 8.42 Å². The number of hydrogen-bond donors (Lipinski definition) is 2. The van der Waals surface area contributed by atoms with Crippen LogP contribution >= 0.6 is 0 Å². The molecule has 3 fully saturated rings. The Balaban J connectivity index is 1.49. The van der Waals surface area contributed by atoms with Crippen LogP contribution in [0.15, 0.2) is 0 Å². The molecule has 2 heterocycles. The predicted octanol–water partition coefficient (Wildman–Crippen LogP) is 1.46. The summed E-state index contributed by atoms with van der Waals surface area (Å²) in [4.78, 5) is 0. The summed E-state index contributed by atoms with van der Waals surface area (Å²) in [7, 11) is -2.81. The van der Waals surface area contributed by atoms with Crippen molar-refractivity contribution in [1.82, 2.24) is 10.6 Å². The molecule has 3 rings (SSSR count). The van der Waals surface area contributed by atoms with Crippen molar-refractivity contribution in [1.29, 1.82) is 0 Å². The first-order valence-electron chi connectivity index (χ1n) is 8.17. The molecule has 0 amide bonds. The van der Waals surface area contributed by atoms with Crippen LogP contribution in [0.3, 0.4) is 0 Å². The molecule has 2 N–H and O–H groups in total. The molecular weight excluding hydrogens is 272 g/mol. The molecule has 2 aliphatic heterocycles. The van der Waals surface area contributed by atoms with Crippen molar-refractivity contribution >= 4 is 9.84 Å². The lowest BCUT2D eigenvalue weighted by atomic mass is 9.77. The van der Waals surface area contributed by atoms with Gasteiger partial charge in [-0.15, -0.1) is 0 Å². The maximum absolute atomic E-state index is 11.6. The minimum Gasteiger partial charge on any atom is -0.310 e. The standard InChI is InChI=1S/C15H28N2O2S/c1-15(8-9-20(18,19)11-15)16-10-13-7-6-12-4-2-3-5-14(12)17-13/h12-14,16-17H,2-11H2,1H3. The highest BCUT2D eigenvalue weighted by atomic mass is 32.2. The molecule has 116 valence electrons. The van der Waals surface area contributed by atoms with E-state index in [1.54, 1.807) is 0 Å². The van der Waals surface area contributed by atoms with Crippen LogP contribution in [0.4, 0.5) is 0 Å². The first kappa shape index (κ1) is 14.8. The Labute approximate surface area is 123 Å². The van der Waals surface area contributed by atoms with Gasteiger partial charge in [0.2, 0.25) is 0 Å². The zero-order valence-electron chi connectivity index (χ0n) is 12.5. The zero-order valence-corrected chi connectivity index (χ0v) is 13.3. The summed E-state index contributed by atoms with van der Waals surface area (Å²) in [5.41, 5.74) is -0.204. The molecule has 0 bridgehead atoms. The van der Waals surface area contributed by atoms with Gasteiger partial charge in [0.1, 0.15) is 0 Å². The molecule has 0 aromatic rings. The monoisotopic (exact) mass is 300 g/mol. The SMILES string of the molecule is CC1(NCC2CCC3CCCCC3N2)CCS(=O)(=O)C1. The molecule has 2 saturated heterocycles. The number of rotatable bonds is 3. The van der Waals surface area contributed by atoms with Crippen molar-refractivity contribution in [3.63, 3.8) is 0 Å². The van der Waals surface area contributed by atoms with Gasteiger partial charge in [0.15, 0.2) is 9.84 Å². The van der Waals surface area contributed by atoms with Crippen LogP contribution in [0, 0.1) is 5.92 Å². The molecule has 4 atom stereocenters. The van der Waals surface area contributed by atoms with E-state index in [1.807, 2.05) is 0 Å². The van der Waals surface area contributed by atoms with E-state index in [1.165, 1.54) is 38.5 Å². The quantitative estimate of drug-likeness (QED) is 0.828. The Bertz CT molecular complexity index is 451. The summed E-state index contributed by atoms with van der Waals surface area (Å²) in [5.74, 6) is 1.54. The van der Waals surface area contributed by atoms with E-state index >= 15 is 0 Å². The van der Waals surface area contributed by atoms with Crippen LogP contribution in [0.2, 0.25) is 0 Å². The molecule has 4 unspecified atom stereocenters. The Morgan fingerprint density at radius 2 is 2.00 bits per heavy atom. The Kier molecular flexibility index (Phi) is 4.13. The van der Waals surface area contributed by atoms with Gasteiger partial charge < -0.3 is 10.6 Å². The number of sulfone groups is 1. The van der Waals surface area contributed by atoms with E-state index in [0.717, 1.165) is 18.9 Å². The number of fused-ring (bicyclic) bond motifs is 1. The molecule has 1 aliphatic carbocycles. The second kappa shape index (κ2) is 5.58. The van der Waals surface area contributed by atoms with E-state index < -0.39 is 9.84 Å². The Morgan fingerprint density at radius 1 is 1.20 bits per heavy atom. The zero-order chi connectivity index (χ0) is 14.2. The minimum atomic E-state index is -2.81. The van der Waals surface area contributed by atoms with Gasteiger partial charge in [-0.1, -0.05) is 12.8 Å². The van der Waals surface area contributed by atoms with Crippen LogP contribution in [-0.4, -0.2) is 44.1 Å². The Morgan fingerprint density at radius 3 is 2.75 bits per heavy atom. The van der Waals surface area contributed by atoms with E-state index in [-0.39, 0.29) is 5.54 Å². The van der Waals surface area contributed by atoms with Crippen LogP contribution in [0.1, 0.15) is 51.9 Å². The van der Waals surface area contributed by atoms with Crippen molar-refractivity contribution < 1.29 is 8.42 Å². The second-order valence-corrected chi connectivity index (χ2v) is 9.56. The fourth-order valence-corrected chi connectivity index (χ4v) is 6.38. The van der Waals surface area contributed by atoms with Gasteiger partial charge in [-0.3, -0.25) is 0 Å². The van der Waals surface area contributed by atoms with Crippen molar-refractivity contribution in [2.24, 2.45) is 5.92 Å². The van der Waals surface area contributed by atoms with Crippen LogP contribution in [0.25, 0.3) is 0 Å². The molecule has 3 aliphatic rings. The highest BCUT2D eigenvalue weighted by Gasteiger charge is 2.39. The largest absolute Gasteiger partial charge is 0.310 e. The average molecular weight is 300 g/mol. The first-order chi connectivity index (χ1) is 9.46. The van der Waals surface area contributed by atoms with Crippen molar-refractivity contribution in [3.05, 3.63) is 0 Å². The van der Waals surface area contributed by atoms with Crippen molar-refractivity contribution in [2.75, 3.05) is 18.1 Å². The molecule has 0 aromatic heterocycles. The molecule has 0 spiro atoms. The normalized spacial score (nSPS) is 44.1. The van der Waals surface area contributed by atoms with Gasteiger partial charge in [-0.05, 0) is 44.9 Å². The summed E-state index contributed by atoms with van der Waals surface area (Å²) >= 11 is 0. The number of piperidine rings is 1. The molecule has 5 heteroatoms. The summed E-state index contributed by atoms with van der Waals surface area (Å²) < 4.78 is 23.3. The maximum atomic E-state index is 11.6. The summed E-state index contributed by atoms with van der Waals surface area (Å²) in [6.45, 7) is 2.97. The summed E-state index contributed by atoms with van der Waals surface area (Å²) in [6, 6.07) is 1.24. The third-order valence-electron chi connectivity index (χ3n) is 5.52. The molecule has 0 radical (unpaired) electrons. The number of hydrogen-bond acceptors (Lipinski definition) is 4. The van der Waals surface area contributed by atoms with E-state index in [9.17, 15) is 8.42 Å². The fourth-order valence-electron chi connectivity index (χ4n) is 4.25. The van der Waals surface area contributed by atoms with Gasteiger partial charge in [0, 0.05) is 24.2 Å². The highest BCUT2D eigenvalue weighted by molar-refractivity contribution is 7.91. The Hall–Kier alpha value is -0.130. The molecular formula is C15H28N2O2S. The van der Waals surface area contributed by atoms with Gasteiger partial charge in [0.05, 0.1) is 11.5 Å². The fraction of sp³-hybridized carbons (Fsp3) is 1.00. The summed E-state index contributed by atoms with van der Waals surface area (Å²) in [6.07, 6.45) is 8.83. The van der Waals surface area contributed by atoms with Crippen LogP contribution in [0.5, 0.6) is 0 Å². The lowest BCUT2D eigenvalue weighted by Crippen LogP contribution is -2.55. The third kappa shape index (κ3) is 3.37. The lowest BCUT2D eigenvalue weighted by Gasteiger charge is -2.41. The second-order valence-electron chi connectivity index (χ2n) is 7.38. The topological polar surface area (TPSA) is 58.2 Å². The van der Waals surface area contributed by atoms with Gasteiger partial charge in [0.25, 0.3) is 0 Å². The average Bonchev–Trinajstić information content (AvgIpc) is 2.71. The number of nitrogens with one attached hydrogen (secondary N) is 2. The molecule has 1 saturated carbocycles. The van der Waals surface area contributed by atoms with E-state index in [2.05, 4.69) is 17.6 Å². The lowest BCUT2D eigenvalue weighted by molar-refractivity contribution is 0.169.